The molecule has 1 N–H and O–H groups in total. The number of sulfonamides is 1. The van der Waals surface area contributed by atoms with Gasteiger partial charge in [-0.25, -0.2) is 18.1 Å². The second-order valence-electron chi connectivity index (χ2n) is 5.07. The first-order chi connectivity index (χ1) is 9.15. The third-order valence-electron chi connectivity index (χ3n) is 2.98. The van der Waals surface area contributed by atoms with Crippen LogP contribution in [0.4, 0.5) is 0 Å². The average molecular weight is 385 g/mol. The van der Waals surface area contributed by atoms with Gasteiger partial charge in [0.1, 0.15) is 10.0 Å². The van der Waals surface area contributed by atoms with Crippen molar-refractivity contribution in [3.8, 4) is 0 Å². The predicted molar refractivity (Wildman–Crippen MR) is 84.4 cm³/mol. The zero-order chi connectivity index (χ0) is 15.5. The van der Waals surface area contributed by atoms with Gasteiger partial charge < -0.3 is 4.90 Å². The molecule has 0 spiro atoms. The Morgan fingerprint density at radius 1 is 1.45 bits per heavy atom. The van der Waals surface area contributed by atoms with Crippen LogP contribution in [0.25, 0.3) is 0 Å². The Kier molecular flexibility index (Phi) is 6.40. The van der Waals surface area contributed by atoms with Crippen LogP contribution in [0.15, 0.2) is 21.6 Å². The summed E-state index contributed by atoms with van der Waals surface area (Å²) in [5.41, 5.74) is 0. The van der Waals surface area contributed by atoms with Crippen molar-refractivity contribution in [2.24, 2.45) is 5.92 Å². The summed E-state index contributed by atoms with van der Waals surface area (Å²) in [5.74, 6) is 0.323. The normalized spacial score (nSPS) is 14.0. The van der Waals surface area contributed by atoms with E-state index in [1.807, 2.05) is 32.8 Å². The number of nitrogens with zero attached hydrogens (tertiary/aromatic N) is 2. The Hall–Kier alpha value is -0.210. The summed E-state index contributed by atoms with van der Waals surface area (Å²) in [6, 6.07) is 1.54. The number of rotatable bonds is 6. The van der Waals surface area contributed by atoms with Crippen molar-refractivity contribution in [1.29, 1.82) is 0 Å². The molecule has 20 heavy (non-hydrogen) atoms. The lowest BCUT2D eigenvalue weighted by Crippen LogP contribution is -2.43. The van der Waals surface area contributed by atoms with Crippen molar-refractivity contribution in [2.45, 2.75) is 24.8 Å². The van der Waals surface area contributed by atoms with E-state index >= 15 is 0 Å². The molecule has 8 heteroatoms. The van der Waals surface area contributed by atoms with Crippen molar-refractivity contribution in [3.05, 3.63) is 21.9 Å². The molecule has 0 saturated heterocycles. The van der Waals surface area contributed by atoms with Crippen LogP contribution in [0.2, 0.25) is 5.15 Å². The highest BCUT2D eigenvalue weighted by molar-refractivity contribution is 9.10. The number of hydrogen-bond donors (Lipinski definition) is 1. The maximum Gasteiger partial charge on any atom is 0.243 e. The van der Waals surface area contributed by atoms with E-state index in [4.69, 9.17) is 11.6 Å². The molecular formula is C12H19BrClN3O2S. The van der Waals surface area contributed by atoms with Crippen molar-refractivity contribution >= 4 is 37.6 Å². The van der Waals surface area contributed by atoms with E-state index in [0.717, 1.165) is 0 Å². The average Bonchev–Trinajstić information content (AvgIpc) is 2.31. The number of halogens is 2. The fourth-order valence-electron chi connectivity index (χ4n) is 1.88. The summed E-state index contributed by atoms with van der Waals surface area (Å²) in [4.78, 5) is 5.81. The van der Waals surface area contributed by atoms with E-state index in [0.29, 0.717) is 16.9 Å². The fourth-order valence-corrected chi connectivity index (χ4v) is 3.87. The van der Waals surface area contributed by atoms with Gasteiger partial charge in [-0.3, -0.25) is 0 Å². The van der Waals surface area contributed by atoms with Crippen molar-refractivity contribution in [2.75, 3.05) is 20.6 Å². The smallest absolute Gasteiger partial charge is 0.243 e. The largest absolute Gasteiger partial charge is 0.305 e. The Labute approximate surface area is 133 Å². The van der Waals surface area contributed by atoms with Gasteiger partial charge in [-0.15, -0.1) is 0 Å². The molecule has 0 aliphatic rings. The number of likely N-dealkylation sites (N-methyl/N-ethyl adjacent to an activating group) is 1. The molecule has 0 saturated carbocycles. The van der Waals surface area contributed by atoms with Crippen LogP contribution in [-0.2, 0) is 10.0 Å². The molecule has 114 valence electrons. The van der Waals surface area contributed by atoms with Crippen LogP contribution in [-0.4, -0.2) is 45.0 Å². The Morgan fingerprint density at radius 3 is 2.55 bits per heavy atom. The molecule has 0 aliphatic carbocycles. The van der Waals surface area contributed by atoms with Crippen LogP contribution >= 0.6 is 27.5 Å². The van der Waals surface area contributed by atoms with Gasteiger partial charge in [-0.2, -0.15) is 0 Å². The van der Waals surface area contributed by atoms with Crippen molar-refractivity contribution in [3.63, 3.8) is 0 Å². The van der Waals surface area contributed by atoms with Crippen LogP contribution in [0.5, 0.6) is 0 Å². The monoisotopic (exact) mass is 383 g/mol. The SMILES string of the molecule is CC(C)C(CNS(=O)(=O)c1cc(Br)cnc1Cl)N(C)C. The number of pyridine rings is 1. The van der Waals surface area contributed by atoms with Gasteiger partial charge in [0.05, 0.1) is 0 Å². The standard InChI is InChI=1S/C12H19BrClN3O2S/c1-8(2)10(17(3)4)7-16-20(18,19)11-5-9(13)6-15-12(11)14/h5-6,8,10,16H,7H2,1-4H3. The summed E-state index contributed by atoms with van der Waals surface area (Å²) in [7, 11) is 0.170. The van der Waals surface area contributed by atoms with Gasteiger partial charge in [0.15, 0.2) is 0 Å². The number of hydrogen-bond acceptors (Lipinski definition) is 4. The lowest BCUT2D eigenvalue weighted by molar-refractivity contribution is 0.233. The first-order valence-electron chi connectivity index (χ1n) is 6.12. The van der Waals surface area contributed by atoms with Crippen LogP contribution in [0.3, 0.4) is 0 Å². The predicted octanol–water partition coefficient (Wildman–Crippen LogP) is 2.36. The minimum absolute atomic E-state index is 0.0187. The molecule has 0 bridgehead atoms. The minimum atomic E-state index is -3.68. The third-order valence-corrected chi connectivity index (χ3v) is 5.26. The van der Waals surface area contributed by atoms with Gasteiger partial charge in [0, 0.05) is 23.3 Å². The molecule has 0 aromatic carbocycles. The van der Waals surface area contributed by atoms with Crippen LogP contribution < -0.4 is 4.72 Å². The van der Waals surface area contributed by atoms with Gasteiger partial charge in [0.2, 0.25) is 10.0 Å². The molecule has 0 radical (unpaired) electrons. The van der Waals surface area contributed by atoms with E-state index in [1.54, 1.807) is 0 Å². The first kappa shape index (κ1) is 17.8. The Bertz CT molecular complexity index is 556. The highest BCUT2D eigenvalue weighted by Crippen LogP contribution is 2.22. The van der Waals surface area contributed by atoms with E-state index in [1.165, 1.54) is 12.3 Å². The molecular weight excluding hydrogens is 366 g/mol. The molecule has 1 unspecified atom stereocenters. The third kappa shape index (κ3) is 4.66. The van der Waals surface area contributed by atoms with E-state index in [-0.39, 0.29) is 16.1 Å². The zero-order valence-corrected chi connectivity index (χ0v) is 15.1. The summed E-state index contributed by atoms with van der Waals surface area (Å²) in [6.45, 7) is 4.41. The summed E-state index contributed by atoms with van der Waals surface area (Å²) in [6.07, 6.45) is 1.46. The van der Waals surface area contributed by atoms with E-state index in [9.17, 15) is 8.42 Å². The zero-order valence-electron chi connectivity index (χ0n) is 11.9. The van der Waals surface area contributed by atoms with Gasteiger partial charge >= 0.3 is 0 Å². The first-order valence-corrected chi connectivity index (χ1v) is 8.77. The van der Waals surface area contributed by atoms with Gasteiger partial charge in [-0.1, -0.05) is 25.4 Å². The molecule has 0 aliphatic heterocycles. The lowest BCUT2D eigenvalue weighted by atomic mass is 10.0. The Balaban J connectivity index is 2.93. The molecule has 1 heterocycles. The molecule has 1 aromatic heterocycles. The van der Waals surface area contributed by atoms with E-state index < -0.39 is 10.0 Å². The topological polar surface area (TPSA) is 62.3 Å². The summed E-state index contributed by atoms with van der Waals surface area (Å²) < 4.78 is 27.7. The maximum atomic E-state index is 12.3. The van der Waals surface area contributed by atoms with Gasteiger partial charge in [0.25, 0.3) is 0 Å². The summed E-state index contributed by atoms with van der Waals surface area (Å²) in [5, 5.41) is -0.0355. The second-order valence-corrected chi connectivity index (χ2v) is 8.08. The van der Waals surface area contributed by atoms with Gasteiger partial charge in [-0.05, 0) is 42.0 Å². The van der Waals surface area contributed by atoms with Crippen molar-refractivity contribution in [1.82, 2.24) is 14.6 Å². The molecule has 5 nitrogen and oxygen atoms in total. The highest BCUT2D eigenvalue weighted by atomic mass is 79.9. The maximum absolute atomic E-state index is 12.3. The molecule has 1 atom stereocenters. The van der Waals surface area contributed by atoms with E-state index in [2.05, 4.69) is 25.6 Å². The molecule has 1 rings (SSSR count). The molecule has 0 amide bonds. The molecule has 0 fully saturated rings. The highest BCUT2D eigenvalue weighted by Gasteiger charge is 2.23. The van der Waals surface area contributed by atoms with Crippen molar-refractivity contribution < 1.29 is 8.42 Å². The number of nitrogens with one attached hydrogen (secondary N) is 1. The number of aromatic nitrogens is 1. The van der Waals surface area contributed by atoms with Crippen LogP contribution in [0, 0.1) is 5.92 Å². The van der Waals surface area contributed by atoms with Crippen LogP contribution in [0.1, 0.15) is 13.8 Å². The minimum Gasteiger partial charge on any atom is -0.305 e. The second kappa shape index (κ2) is 7.17. The lowest BCUT2D eigenvalue weighted by Gasteiger charge is -2.28. The quantitative estimate of drug-likeness (QED) is 0.765. The Morgan fingerprint density at radius 2 is 2.05 bits per heavy atom. The fraction of sp³-hybridized carbons (Fsp3) is 0.583. The molecule has 1 aromatic rings. The summed E-state index contributed by atoms with van der Waals surface area (Å²) >= 11 is 9.05.